The molecule has 4 heteroatoms. The summed E-state index contributed by atoms with van der Waals surface area (Å²) in [5.41, 5.74) is 0.894. The minimum Gasteiger partial charge on any atom is -0.387 e. The summed E-state index contributed by atoms with van der Waals surface area (Å²) in [5, 5.41) is 11.7. The summed E-state index contributed by atoms with van der Waals surface area (Å²) in [4.78, 5) is 0. The van der Waals surface area contributed by atoms with E-state index in [0.717, 1.165) is 10.9 Å². The smallest absolute Gasteiger partial charge is 0.0975 e. The summed E-state index contributed by atoms with van der Waals surface area (Å²) in [6.07, 6.45) is -0.599. The third-order valence-electron chi connectivity index (χ3n) is 4.16. The van der Waals surface area contributed by atoms with Crippen LogP contribution < -0.4 is 5.30 Å². The average molecular weight is 310 g/mol. The molecule has 2 nitrogen and oxygen atoms in total. The van der Waals surface area contributed by atoms with Crippen molar-refractivity contribution in [2.45, 2.75) is 19.1 Å². The lowest BCUT2D eigenvalue weighted by Crippen LogP contribution is -2.37. The zero-order valence-corrected chi connectivity index (χ0v) is 14.0. The Morgan fingerprint density at radius 2 is 1.59 bits per heavy atom. The van der Waals surface area contributed by atoms with Gasteiger partial charge in [-0.1, -0.05) is 55.1 Å². The van der Waals surface area contributed by atoms with Crippen LogP contribution in [0.15, 0.2) is 73.1 Å². The number of benzene rings is 2. The van der Waals surface area contributed by atoms with Crippen molar-refractivity contribution in [2.75, 3.05) is 7.05 Å². The lowest BCUT2D eigenvalue weighted by atomic mass is 10.0. The maximum Gasteiger partial charge on any atom is 0.0975 e. The highest BCUT2D eigenvalue weighted by atomic mass is 31.2. The lowest BCUT2D eigenvalue weighted by molar-refractivity contribution is 0.110. The van der Waals surface area contributed by atoms with E-state index < -0.39 is 13.4 Å². The Kier molecular flexibility index (Phi) is 5.58. The average Bonchev–Trinajstić information content (AvgIpc) is 2.60. The molecule has 2 rings (SSSR count). The van der Waals surface area contributed by atoms with Gasteiger partial charge in [0.1, 0.15) is 0 Å². The van der Waals surface area contributed by atoms with Crippen molar-refractivity contribution < 1.29 is 5.11 Å². The highest BCUT2D eigenvalue weighted by molar-refractivity contribution is 8.03. The molecular weight excluding hydrogens is 288 g/mol. The predicted octanol–water partition coefficient (Wildman–Crippen LogP) is 3.53. The fraction of sp³-hybridized carbons (Fsp3) is 0.222. The molecule has 1 unspecified atom stereocenters. The number of aliphatic hydroxyl groups excluding tert-OH is 1. The number of aliphatic hydroxyl groups is 1. The molecule has 2 aromatic rings. The van der Waals surface area contributed by atoms with Gasteiger partial charge in [0, 0.05) is 12.9 Å². The molecule has 0 spiro atoms. The Bertz CT molecular complexity index is 607. The molecule has 22 heavy (non-hydrogen) atoms. The minimum absolute atomic E-state index is 0.126. The number of nitrogens with zero attached hydrogens (tertiary/aromatic N) is 1. The van der Waals surface area contributed by atoms with Gasteiger partial charge in [0.25, 0.3) is 0 Å². The van der Waals surface area contributed by atoms with Crippen LogP contribution in [0.5, 0.6) is 0 Å². The van der Waals surface area contributed by atoms with E-state index in [4.69, 9.17) is 7.57 Å². The second-order valence-corrected chi connectivity index (χ2v) is 8.42. The van der Waals surface area contributed by atoms with Crippen LogP contribution in [0.3, 0.4) is 0 Å². The van der Waals surface area contributed by atoms with Crippen molar-refractivity contribution in [3.05, 3.63) is 78.6 Å². The van der Waals surface area contributed by atoms with Crippen LogP contribution in [0, 0.1) is 0 Å². The molecular formula is C18H22BNOP. The Balaban J connectivity index is 2.28. The maximum absolute atomic E-state index is 10.7. The highest BCUT2D eigenvalue weighted by Gasteiger charge is 2.32. The maximum atomic E-state index is 10.7. The molecule has 3 atom stereocenters. The zero-order valence-electron chi connectivity index (χ0n) is 13.1. The molecule has 0 aliphatic heterocycles. The van der Waals surface area contributed by atoms with E-state index in [9.17, 15) is 5.11 Å². The van der Waals surface area contributed by atoms with E-state index in [1.165, 1.54) is 0 Å². The number of hydrogen-bond acceptors (Lipinski definition) is 2. The molecule has 3 radical (unpaired) electrons. The topological polar surface area (TPSA) is 23.5 Å². The van der Waals surface area contributed by atoms with Crippen molar-refractivity contribution >= 4 is 20.2 Å². The first-order valence-electron chi connectivity index (χ1n) is 7.33. The molecule has 0 aromatic heterocycles. The summed E-state index contributed by atoms with van der Waals surface area (Å²) >= 11 is 0. The fourth-order valence-corrected chi connectivity index (χ4v) is 4.73. The molecule has 0 fully saturated rings. The van der Waals surface area contributed by atoms with E-state index in [0.29, 0.717) is 0 Å². The summed E-state index contributed by atoms with van der Waals surface area (Å²) < 4.78 is 2.06. The largest absolute Gasteiger partial charge is 0.387 e. The normalized spacial score (nSPS) is 16.8. The van der Waals surface area contributed by atoms with Crippen LogP contribution in [0.25, 0.3) is 0 Å². The lowest BCUT2D eigenvalue weighted by Gasteiger charge is -2.45. The van der Waals surface area contributed by atoms with E-state index in [1.807, 2.05) is 80.5 Å². The molecule has 0 amide bonds. The van der Waals surface area contributed by atoms with Gasteiger partial charge in [0.15, 0.2) is 0 Å². The third kappa shape index (κ3) is 3.33. The summed E-state index contributed by atoms with van der Waals surface area (Å²) in [7, 11) is 6.46. The van der Waals surface area contributed by atoms with Crippen molar-refractivity contribution in [3.8, 4) is 0 Å². The van der Waals surface area contributed by atoms with Gasteiger partial charge in [0.2, 0.25) is 0 Å². The van der Waals surface area contributed by atoms with E-state index >= 15 is 0 Å². The van der Waals surface area contributed by atoms with E-state index in [2.05, 4.69) is 11.2 Å². The zero-order chi connectivity index (χ0) is 16.2. The van der Waals surface area contributed by atoms with Crippen LogP contribution in [0.2, 0.25) is 0 Å². The van der Waals surface area contributed by atoms with Gasteiger partial charge in [-0.05, 0) is 24.6 Å². The van der Waals surface area contributed by atoms with Gasteiger partial charge >= 0.3 is 0 Å². The Morgan fingerprint density at radius 1 is 1.09 bits per heavy atom. The summed E-state index contributed by atoms with van der Waals surface area (Å²) in [6.45, 7) is 5.94. The van der Waals surface area contributed by atoms with Crippen molar-refractivity contribution in [2.24, 2.45) is 0 Å². The Morgan fingerprint density at radius 3 is 2.09 bits per heavy atom. The fourth-order valence-electron chi connectivity index (χ4n) is 2.52. The molecule has 1 N–H and O–H groups in total. The predicted molar refractivity (Wildman–Crippen MR) is 97.6 cm³/mol. The standard InChI is InChI=1S/C18H22BNOP/c1-4-22(19,17-13-9-6-10-14-17)20(3)15(2)18(21)16-11-7-5-8-12-16/h4-15,18,21H,1H2,2-3H3/t15-,18-,22?/m0/s1. The number of likely N-dealkylation sites (N-methyl/N-ethyl adjacent to an activating group) is 1. The van der Waals surface area contributed by atoms with Gasteiger partial charge in [-0.25, -0.2) is 4.67 Å². The van der Waals surface area contributed by atoms with E-state index in [-0.39, 0.29) is 6.04 Å². The van der Waals surface area contributed by atoms with Crippen molar-refractivity contribution in [1.82, 2.24) is 4.67 Å². The first kappa shape index (κ1) is 17.0. The minimum atomic E-state index is -2.19. The quantitative estimate of drug-likeness (QED) is 0.652. The van der Waals surface area contributed by atoms with E-state index in [1.54, 1.807) is 0 Å². The van der Waals surface area contributed by atoms with Gasteiger partial charge < -0.3 is 5.11 Å². The van der Waals surface area contributed by atoms with Gasteiger partial charge in [0.05, 0.1) is 17.5 Å². The van der Waals surface area contributed by atoms with Gasteiger partial charge in [-0.3, -0.25) is 7.57 Å². The highest BCUT2D eigenvalue weighted by Crippen LogP contribution is 2.58. The van der Waals surface area contributed by atoms with Crippen molar-refractivity contribution in [3.63, 3.8) is 0 Å². The summed E-state index contributed by atoms with van der Waals surface area (Å²) in [5.74, 6) is 1.83. The number of rotatable bonds is 6. The van der Waals surface area contributed by atoms with Gasteiger partial charge in [-0.15, -0.1) is 7.29 Å². The molecule has 0 aliphatic carbocycles. The Labute approximate surface area is 135 Å². The monoisotopic (exact) mass is 310 g/mol. The first-order chi connectivity index (χ1) is 10.5. The molecule has 0 aliphatic rings. The second kappa shape index (κ2) is 7.24. The third-order valence-corrected chi connectivity index (χ3v) is 7.25. The van der Waals surface area contributed by atoms with Crippen LogP contribution >= 0.6 is 7.29 Å². The number of hydrogen-bond donors (Lipinski definition) is 1. The SMILES string of the molecule is [B-][P+](C=C)(c1ccccc1)N(C)[C@@H](C)[C@H](O)c1ccccc1. The Hall–Kier alpha value is -1.41. The molecule has 0 bridgehead atoms. The van der Waals surface area contributed by atoms with Crippen LogP contribution in [0.1, 0.15) is 18.6 Å². The molecule has 0 saturated carbocycles. The second-order valence-electron chi connectivity index (χ2n) is 5.43. The van der Waals surface area contributed by atoms with Crippen LogP contribution in [0.4, 0.5) is 0 Å². The first-order valence-corrected chi connectivity index (χ1v) is 9.21. The molecule has 2 aromatic carbocycles. The molecule has 113 valence electrons. The molecule has 0 heterocycles. The van der Waals surface area contributed by atoms with Gasteiger partial charge in [-0.2, -0.15) is 0 Å². The van der Waals surface area contributed by atoms with Crippen LogP contribution in [-0.2, 0) is 0 Å². The van der Waals surface area contributed by atoms with Crippen molar-refractivity contribution in [1.29, 1.82) is 0 Å². The van der Waals surface area contributed by atoms with Crippen LogP contribution in [-0.4, -0.2) is 30.4 Å². The molecule has 0 saturated heterocycles. The summed E-state index contributed by atoms with van der Waals surface area (Å²) in [6, 6.07) is 19.5.